The molecular formula is C17H25F4N3O. The molecule has 8 heteroatoms. The highest BCUT2D eigenvalue weighted by atomic mass is 19.2. The number of ether oxygens (including phenoxy) is 1. The summed E-state index contributed by atoms with van der Waals surface area (Å²) in [6.45, 7) is 4.52. The van der Waals surface area contributed by atoms with Gasteiger partial charge in [-0.25, -0.2) is 17.6 Å². The zero-order valence-electron chi connectivity index (χ0n) is 14.5. The third-order valence-corrected chi connectivity index (χ3v) is 4.16. The molecule has 4 nitrogen and oxygen atoms in total. The van der Waals surface area contributed by atoms with Crippen molar-refractivity contribution in [1.82, 2.24) is 0 Å². The second-order valence-electron chi connectivity index (χ2n) is 6.42. The molecule has 3 N–H and O–H groups in total. The number of hydrogen-bond donors (Lipinski definition) is 2. The molecule has 1 heterocycles. The number of halogens is 4. The number of anilines is 2. The fraction of sp³-hybridized carbons (Fsp3) is 0.647. The minimum absolute atomic E-state index is 0.156. The molecule has 0 saturated carbocycles. The quantitative estimate of drug-likeness (QED) is 0.443. The molecule has 142 valence electrons. The van der Waals surface area contributed by atoms with Gasteiger partial charge >= 0.3 is 0 Å². The highest BCUT2D eigenvalue weighted by Gasteiger charge is 2.32. The van der Waals surface area contributed by atoms with E-state index in [0.29, 0.717) is 13.0 Å². The molecule has 1 saturated heterocycles. The Morgan fingerprint density at radius 1 is 0.960 bits per heavy atom. The van der Waals surface area contributed by atoms with Crippen molar-refractivity contribution in [3.8, 4) is 0 Å². The number of morpholine rings is 1. The lowest BCUT2D eigenvalue weighted by Crippen LogP contribution is -2.46. The molecule has 1 aromatic rings. The number of unbranched alkanes of at least 4 members (excludes halogenated alkanes) is 2. The van der Waals surface area contributed by atoms with Gasteiger partial charge in [0.15, 0.2) is 23.3 Å². The second kappa shape index (κ2) is 8.71. The van der Waals surface area contributed by atoms with Crippen LogP contribution in [0, 0.1) is 23.3 Å². The summed E-state index contributed by atoms with van der Waals surface area (Å²) in [7, 11) is 0. The van der Waals surface area contributed by atoms with E-state index < -0.39 is 34.6 Å². The summed E-state index contributed by atoms with van der Waals surface area (Å²) < 4.78 is 63.0. The van der Waals surface area contributed by atoms with E-state index in [1.54, 1.807) is 13.8 Å². The maximum absolute atomic E-state index is 14.5. The standard InChI is InChI=1S/C17H25F4N3O/c1-10-8-24(9-11(2)25-10)17-14(20)12(18)16(13(19)15(17)21)23-7-5-3-4-6-22/h10-11,23H,3-9,22H2,1-2H3. The van der Waals surface area contributed by atoms with E-state index in [1.807, 2.05) is 0 Å². The van der Waals surface area contributed by atoms with Gasteiger partial charge in [-0.15, -0.1) is 0 Å². The van der Waals surface area contributed by atoms with Crippen molar-refractivity contribution in [2.24, 2.45) is 5.73 Å². The third-order valence-electron chi connectivity index (χ3n) is 4.16. The molecule has 1 aliphatic heterocycles. The fourth-order valence-electron chi connectivity index (χ4n) is 3.07. The predicted molar refractivity (Wildman–Crippen MR) is 89.9 cm³/mol. The van der Waals surface area contributed by atoms with Gasteiger partial charge in [0.25, 0.3) is 0 Å². The lowest BCUT2D eigenvalue weighted by Gasteiger charge is -2.37. The lowest BCUT2D eigenvalue weighted by atomic mass is 10.1. The number of benzene rings is 1. The van der Waals surface area contributed by atoms with Crippen molar-refractivity contribution in [2.45, 2.75) is 45.3 Å². The summed E-state index contributed by atoms with van der Waals surface area (Å²) in [6, 6.07) is 0. The zero-order valence-corrected chi connectivity index (χ0v) is 14.5. The van der Waals surface area contributed by atoms with Gasteiger partial charge in [0.05, 0.1) is 12.2 Å². The molecule has 1 aromatic carbocycles. The first-order valence-corrected chi connectivity index (χ1v) is 8.57. The molecule has 0 aromatic heterocycles. The first-order valence-electron chi connectivity index (χ1n) is 8.57. The SMILES string of the molecule is CC1CN(c2c(F)c(F)c(NCCCCCN)c(F)c2F)CC(C)O1. The molecule has 1 fully saturated rings. The number of nitrogens with two attached hydrogens (primary N) is 1. The van der Waals surface area contributed by atoms with Gasteiger partial charge < -0.3 is 20.7 Å². The summed E-state index contributed by atoms with van der Waals surface area (Å²) >= 11 is 0. The normalized spacial score (nSPS) is 20.8. The summed E-state index contributed by atoms with van der Waals surface area (Å²) in [4.78, 5) is 1.29. The van der Waals surface area contributed by atoms with E-state index in [2.05, 4.69) is 5.32 Å². The Bertz CT molecular complexity index is 561. The van der Waals surface area contributed by atoms with Gasteiger partial charge in [-0.1, -0.05) is 6.42 Å². The molecule has 25 heavy (non-hydrogen) atoms. The Morgan fingerprint density at radius 3 is 2.04 bits per heavy atom. The average Bonchev–Trinajstić information content (AvgIpc) is 2.55. The smallest absolute Gasteiger partial charge is 0.187 e. The van der Waals surface area contributed by atoms with E-state index in [-0.39, 0.29) is 31.8 Å². The van der Waals surface area contributed by atoms with Crippen LogP contribution in [0.5, 0.6) is 0 Å². The first-order chi connectivity index (χ1) is 11.9. The van der Waals surface area contributed by atoms with Crippen molar-refractivity contribution < 1.29 is 22.3 Å². The molecule has 2 atom stereocenters. The predicted octanol–water partition coefficient (Wildman–Crippen LogP) is 3.40. The molecule has 0 spiro atoms. The van der Waals surface area contributed by atoms with E-state index in [9.17, 15) is 17.6 Å². The zero-order chi connectivity index (χ0) is 18.6. The summed E-state index contributed by atoms with van der Waals surface area (Å²) in [5.41, 5.74) is 3.93. The topological polar surface area (TPSA) is 50.5 Å². The van der Waals surface area contributed by atoms with Crippen molar-refractivity contribution in [2.75, 3.05) is 36.4 Å². The van der Waals surface area contributed by atoms with Crippen LogP contribution in [0.25, 0.3) is 0 Å². The van der Waals surface area contributed by atoms with Crippen LogP contribution >= 0.6 is 0 Å². The van der Waals surface area contributed by atoms with Crippen molar-refractivity contribution in [3.05, 3.63) is 23.3 Å². The van der Waals surface area contributed by atoms with Gasteiger partial charge in [0.1, 0.15) is 11.4 Å². The van der Waals surface area contributed by atoms with Gasteiger partial charge in [0, 0.05) is 19.6 Å². The molecule has 2 unspecified atom stereocenters. The highest BCUT2D eigenvalue weighted by Crippen LogP contribution is 2.35. The third kappa shape index (κ3) is 4.55. The summed E-state index contributed by atoms with van der Waals surface area (Å²) in [5.74, 6) is -5.58. The average molecular weight is 363 g/mol. The maximum atomic E-state index is 14.5. The largest absolute Gasteiger partial charge is 0.380 e. The first kappa shape index (κ1) is 19.8. The van der Waals surface area contributed by atoms with Gasteiger partial charge in [-0.3, -0.25) is 0 Å². The number of nitrogens with zero attached hydrogens (tertiary/aromatic N) is 1. The minimum Gasteiger partial charge on any atom is -0.380 e. The van der Waals surface area contributed by atoms with Gasteiger partial charge in [-0.2, -0.15) is 0 Å². The van der Waals surface area contributed by atoms with Crippen LogP contribution in [0.1, 0.15) is 33.1 Å². The number of nitrogens with one attached hydrogen (secondary N) is 1. The highest BCUT2D eigenvalue weighted by molar-refractivity contribution is 5.60. The summed E-state index contributed by atoms with van der Waals surface area (Å²) in [5, 5.41) is 2.46. The second-order valence-corrected chi connectivity index (χ2v) is 6.42. The van der Waals surface area contributed by atoms with E-state index in [0.717, 1.165) is 12.8 Å². The van der Waals surface area contributed by atoms with Crippen LogP contribution in [0.4, 0.5) is 28.9 Å². The Kier molecular flexibility index (Phi) is 6.89. The van der Waals surface area contributed by atoms with Crippen LogP contribution in [-0.4, -0.2) is 38.4 Å². The Labute approximate surface area is 145 Å². The van der Waals surface area contributed by atoms with Crippen LogP contribution in [0.2, 0.25) is 0 Å². The van der Waals surface area contributed by atoms with E-state index >= 15 is 0 Å². The van der Waals surface area contributed by atoms with Crippen LogP contribution in [-0.2, 0) is 4.74 Å². The number of rotatable bonds is 7. The molecule has 0 radical (unpaired) electrons. The minimum atomic E-state index is -1.40. The van der Waals surface area contributed by atoms with E-state index in [4.69, 9.17) is 10.5 Å². The van der Waals surface area contributed by atoms with Gasteiger partial charge in [0.2, 0.25) is 0 Å². The maximum Gasteiger partial charge on any atom is 0.187 e. The summed E-state index contributed by atoms with van der Waals surface area (Å²) in [6.07, 6.45) is 1.55. The molecule has 0 aliphatic carbocycles. The van der Waals surface area contributed by atoms with E-state index in [1.165, 1.54) is 4.90 Å². The van der Waals surface area contributed by atoms with Crippen molar-refractivity contribution >= 4 is 11.4 Å². The molecule has 2 rings (SSSR count). The van der Waals surface area contributed by atoms with Crippen molar-refractivity contribution in [1.29, 1.82) is 0 Å². The monoisotopic (exact) mass is 363 g/mol. The van der Waals surface area contributed by atoms with Crippen LogP contribution in [0.15, 0.2) is 0 Å². The van der Waals surface area contributed by atoms with Gasteiger partial charge in [-0.05, 0) is 33.2 Å². The Balaban J connectivity index is 2.23. The Morgan fingerprint density at radius 2 is 1.52 bits per heavy atom. The molecular weight excluding hydrogens is 338 g/mol. The molecule has 1 aliphatic rings. The van der Waals surface area contributed by atoms with Crippen LogP contribution < -0.4 is 16.0 Å². The van der Waals surface area contributed by atoms with Crippen molar-refractivity contribution in [3.63, 3.8) is 0 Å². The lowest BCUT2D eigenvalue weighted by molar-refractivity contribution is -0.00565. The van der Waals surface area contributed by atoms with Crippen LogP contribution in [0.3, 0.4) is 0 Å². The Hall–Kier alpha value is -1.54. The molecule has 0 bridgehead atoms. The number of hydrogen-bond acceptors (Lipinski definition) is 4. The fourth-order valence-corrected chi connectivity index (χ4v) is 3.07. The molecule has 0 amide bonds.